The maximum atomic E-state index is 14.6. The molecule has 10 rings (SSSR count). The Labute approximate surface area is 298 Å². The highest BCUT2D eigenvalue weighted by molar-refractivity contribution is 8.76. The Morgan fingerprint density at radius 3 is 2.59 bits per heavy atom. The summed E-state index contributed by atoms with van der Waals surface area (Å²) in [5.74, 6) is 3.12. The number of allylic oxidation sites excluding steroid dienone is 7. The number of cyclic esters (lactones) is 1. The molecule has 0 aromatic rings. The van der Waals surface area contributed by atoms with Crippen LogP contribution in [0.5, 0.6) is 0 Å². The van der Waals surface area contributed by atoms with Crippen molar-refractivity contribution in [3.05, 3.63) is 69.5 Å². The van der Waals surface area contributed by atoms with Crippen molar-refractivity contribution >= 4 is 33.5 Å². The molecule has 10 aliphatic rings. The summed E-state index contributed by atoms with van der Waals surface area (Å²) in [7, 11) is 3.11. The van der Waals surface area contributed by atoms with Gasteiger partial charge in [0.2, 0.25) is 0 Å². The Kier molecular flexibility index (Phi) is 8.05. The zero-order chi connectivity index (χ0) is 33.5. The number of esters is 2. The van der Waals surface area contributed by atoms with Crippen LogP contribution in [0.2, 0.25) is 0 Å². The van der Waals surface area contributed by atoms with E-state index in [4.69, 9.17) is 9.47 Å². The fraction of sp³-hybridized carbons (Fsp3) is 0.650. The van der Waals surface area contributed by atoms with Crippen LogP contribution in [0.15, 0.2) is 69.5 Å². The van der Waals surface area contributed by atoms with E-state index in [0.717, 1.165) is 111 Å². The molecule has 6 atom stereocenters. The maximum Gasteiger partial charge on any atom is 0.340 e. The number of hydrogen-bond donors (Lipinski definition) is 3. The summed E-state index contributed by atoms with van der Waals surface area (Å²) in [5.41, 5.74) is 4.08. The number of aliphatic hydroxyl groups excluding tert-OH is 1. The maximum absolute atomic E-state index is 14.6. The number of fused-ring (bicyclic) bond motifs is 3. The fourth-order valence-electron chi connectivity index (χ4n) is 11.8. The second-order valence-corrected chi connectivity index (χ2v) is 18.8. The van der Waals surface area contributed by atoms with Crippen molar-refractivity contribution in [3.63, 3.8) is 0 Å². The molecule has 0 radical (unpaired) electrons. The fourth-order valence-corrected chi connectivity index (χ4v) is 13.9. The van der Waals surface area contributed by atoms with Crippen LogP contribution in [0.3, 0.4) is 0 Å². The number of ether oxygens (including phenoxy) is 2. The number of carbonyl (C=O) groups is 2. The smallest absolute Gasteiger partial charge is 0.340 e. The molecule has 4 heterocycles. The first-order valence-electron chi connectivity index (χ1n) is 19.0. The molecular formula is C40H50N2O5S2. The van der Waals surface area contributed by atoms with Crippen LogP contribution < -0.4 is 10.6 Å². The van der Waals surface area contributed by atoms with Gasteiger partial charge in [-0.2, -0.15) is 0 Å². The molecule has 3 saturated carbocycles. The Morgan fingerprint density at radius 2 is 1.80 bits per heavy atom. The highest BCUT2D eigenvalue weighted by Crippen LogP contribution is 2.74. The predicted molar refractivity (Wildman–Crippen MR) is 193 cm³/mol. The van der Waals surface area contributed by atoms with E-state index in [1.54, 1.807) is 10.8 Å². The minimum atomic E-state index is -0.686. The lowest BCUT2D eigenvalue weighted by Gasteiger charge is -2.59. The Morgan fingerprint density at radius 1 is 1.00 bits per heavy atom. The third-order valence-corrected chi connectivity index (χ3v) is 16.6. The van der Waals surface area contributed by atoms with Crippen molar-refractivity contribution in [1.82, 2.24) is 10.6 Å². The van der Waals surface area contributed by atoms with Crippen LogP contribution in [0.4, 0.5) is 0 Å². The van der Waals surface area contributed by atoms with Gasteiger partial charge in [-0.3, -0.25) is 0 Å². The summed E-state index contributed by atoms with van der Waals surface area (Å²) in [5, 5.41) is 18.2. The molecule has 0 aromatic carbocycles. The number of nitrogens with one attached hydrogen (secondary N) is 2. The molecule has 7 nitrogen and oxygen atoms in total. The highest BCUT2D eigenvalue weighted by Gasteiger charge is 2.70. The van der Waals surface area contributed by atoms with Crippen molar-refractivity contribution in [2.75, 3.05) is 12.4 Å². The molecular weight excluding hydrogens is 653 g/mol. The van der Waals surface area contributed by atoms with Crippen LogP contribution in [-0.4, -0.2) is 34.9 Å². The molecule has 0 unspecified atom stereocenters. The summed E-state index contributed by atoms with van der Waals surface area (Å²) in [4.78, 5) is 28.9. The van der Waals surface area contributed by atoms with Gasteiger partial charge in [0, 0.05) is 29.0 Å². The third-order valence-electron chi connectivity index (χ3n) is 14.2. The van der Waals surface area contributed by atoms with E-state index in [9.17, 15) is 14.7 Å². The van der Waals surface area contributed by atoms with Gasteiger partial charge >= 0.3 is 11.9 Å². The first-order valence-corrected chi connectivity index (χ1v) is 21.4. The number of hydrogen-bond acceptors (Lipinski definition) is 9. The van der Waals surface area contributed by atoms with E-state index in [1.165, 1.54) is 34.8 Å². The minimum absolute atomic E-state index is 0.0391. The van der Waals surface area contributed by atoms with Crippen molar-refractivity contribution in [1.29, 1.82) is 0 Å². The molecule has 2 spiro atoms. The number of aliphatic hydroxyl groups is 1. The summed E-state index contributed by atoms with van der Waals surface area (Å²) < 4.78 is 12.8. The van der Waals surface area contributed by atoms with Crippen molar-refractivity contribution < 1.29 is 24.2 Å². The van der Waals surface area contributed by atoms with Crippen LogP contribution in [0, 0.1) is 39.9 Å². The third kappa shape index (κ3) is 4.79. The molecule has 7 bridgehead atoms. The molecule has 1 saturated heterocycles. The minimum Gasteiger partial charge on any atom is -0.427 e. The lowest BCUT2D eigenvalue weighted by molar-refractivity contribution is -0.135. The standard InChI is InChI=1S/C40H50N2O5S2/c1-3-38(14-4-5-15-38)21-28-27-10-9-25-26-12-18-40(32(25)31(27)35(43)46-28)29-11-8-23(2)37(45)49-48-22-42-30-20-24(13-19-41-30)39(16-6-7-17-39)33(26)34(40)36(44)47-29/h11,13,20-21,23,25-26,32,37,41-42,45H,3-10,12,14-19,22H2,1-2H3/b28-21-,29-11-/t23-,25+,26+,32-,37-,40+/m1/s1. The largest absolute Gasteiger partial charge is 0.427 e. The average molecular weight is 703 g/mol. The number of dihydropyridines is 1. The van der Waals surface area contributed by atoms with Crippen molar-refractivity contribution in [2.45, 2.75) is 109 Å². The molecule has 4 aliphatic heterocycles. The Hall–Kier alpha value is -2.36. The lowest BCUT2D eigenvalue weighted by atomic mass is 9.42. The van der Waals surface area contributed by atoms with Crippen molar-refractivity contribution in [2.24, 2.45) is 39.9 Å². The summed E-state index contributed by atoms with van der Waals surface area (Å²) >= 11 is 0. The molecule has 49 heavy (non-hydrogen) atoms. The molecule has 0 amide bonds. The summed E-state index contributed by atoms with van der Waals surface area (Å²) in [6.07, 6.45) is 23.5. The first-order chi connectivity index (χ1) is 23.8. The van der Waals surface area contributed by atoms with Crippen molar-refractivity contribution in [3.8, 4) is 0 Å². The van der Waals surface area contributed by atoms with Gasteiger partial charge in [-0.15, -0.1) is 0 Å². The molecule has 0 aromatic heterocycles. The van der Waals surface area contributed by atoms with Gasteiger partial charge in [0.1, 0.15) is 17.0 Å². The Bertz CT molecular complexity index is 1660. The highest BCUT2D eigenvalue weighted by atomic mass is 33.1. The second-order valence-electron chi connectivity index (χ2n) is 16.3. The summed E-state index contributed by atoms with van der Waals surface area (Å²) in [6.45, 7) is 5.08. The van der Waals surface area contributed by atoms with Gasteiger partial charge in [0.15, 0.2) is 0 Å². The molecule has 262 valence electrons. The monoisotopic (exact) mass is 702 g/mol. The van der Waals surface area contributed by atoms with Gasteiger partial charge in [-0.05, 0) is 117 Å². The van der Waals surface area contributed by atoms with Gasteiger partial charge in [-0.25, -0.2) is 9.59 Å². The Balaban J connectivity index is 1.26. The zero-order valence-electron chi connectivity index (χ0n) is 28.9. The molecule has 9 heteroatoms. The zero-order valence-corrected chi connectivity index (χ0v) is 30.5. The molecule has 6 aliphatic carbocycles. The molecule has 3 N–H and O–H groups in total. The van der Waals surface area contributed by atoms with Gasteiger partial charge in [0.25, 0.3) is 0 Å². The second kappa shape index (κ2) is 12.1. The van der Waals surface area contributed by atoms with Gasteiger partial charge in [-0.1, -0.05) is 67.2 Å². The lowest BCUT2D eigenvalue weighted by Crippen LogP contribution is -2.54. The van der Waals surface area contributed by atoms with E-state index in [2.05, 4.69) is 48.8 Å². The van der Waals surface area contributed by atoms with E-state index in [-0.39, 0.29) is 46.4 Å². The summed E-state index contributed by atoms with van der Waals surface area (Å²) in [6, 6.07) is 0. The van der Waals surface area contributed by atoms with E-state index in [1.807, 2.05) is 0 Å². The predicted octanol–water partition coefficient (Wildman–Crippen LogP) is 8.09. The number of rotatable bonds is 2. The van der Waals surface area contributed by atoms with Gasteiger partial charge < -0.3 is 25.2 Å². The average Bonchev–Trinajstić information content (AvgIpc) is 3.92. The molecule has 4 fully saturated rings. The van der Waals surface area contributed by atoms with E-state index in [0.29, 0.717) is 12.3 Å². The number of carbonyl (C=O) groups excluding carboxylic acids is 2. The van der Waals surface area contributed by atoms with Crippen LogP contribution in [-0.2, 0) is 19.1 Å². The van der Waals surface area contributed by atoms with Gasteiger partial charge in [0.05, 0.1) is 22.7 Å². The van der Waals surface area contributed by atoms with Crippen LogP contribution in [0.1, 0.15) is 104 Å². The topological polar surface area (TPSA) is 96.9 Å². The first kappa shape index (κ1) is 32.5. The van der Waals surface area contributed by atoms with E-state index < -0.39 is 10.9 Å². The normalized spacial score (nSPS) is 39.4. The van der Waals surface area contributed by atoms with Crippen LogP contribution >= 0.6 is 21.6 Å². The van der Waals surface area contributed by atoms with E-state index >= 15 is 0 Å². The van der Waals surface area contributed by atoms with Crippen LogP contribution in [0.25, 0.3) is 0 Å². The SMILES string of the molecule is CCC1(/C=C2\OC(=O)C3=C2CC[C@H]2[C@@H]4CC[C@@]5(C6=C4C4(CCCC4)C4=CCNC(=C4)NCSS[C@@H](O)[C@H](C)C/C=C/5OC6=O)[C@@H]32)CCCC1. The quantitative estimate of drug-likeness (QED) is 0.195.